The van der Waals surface area contributed by atoms with Gasteiger partial charge in [0.1, 0.15) is 0 Å². The molecule has 0 amide bonds. The van der Waals surface area contributed by atoms with Crippen LogP contribution in [0.2, 0.25) is 0 Å². The monoisotopic (exact) mass is 195 g/mol. The van der Waals surface area contributed by atoms with Crippen molar-refractivity contribution in [3.8, 4) is 12.3 Å². The van der Waals surface area contributed by atoms with Crippen LogP contribution in [0.4, 0.5) is 0 Å². The summed E-state index contributed by atoms with van der Waals surface area (Å²) in [6.07, 6.45) is 10.3. The summed E-state index contributed by atoms with van der Waals surface area (Å²) in [6, 6.07) is 0.804. The standard InChI is InChI=1S/C13H25N/c1-6-13(7-2)14-12(5)10-8-9-11(3)4/h1,11-14H,7-10H2,2-5H3. The Labute approximate surface area is 89.7 Å². The zero-order valence-electron chi connectivity index (χ0n) is 10.1. The summed E-state index contributed by atoms with van der Waals surface area (Å²) in [6.45, 7) is 8.89. The molecule has 14 heavy (non-hydrogen) atoms. The average molecular weight is 195 g/mol. The smallest absolute Gasteiger partial charge is 0.0686 e. The molecule has 82 valence electrons. The fourth-order valence-electron chi connectivity index (χ4n) is 1.54. The number of nitrogens with one attached hydrogen (secondary N) is 1. The molecule has 0 saturated heterocycles. The second kappa shape index (κ2) is 7.88. The second-order valence-electron chi connectivity index (χ2n) is 4.52. The third kappa shape index (κ3) is 6.97. The van der Waals surface area contributed by atoms with E-state index in [1.165, 1.54) is 19.3 Å². The molecular formula is C13H25N. The topological polar surface area (TPSA) is 12.0 Å². The Bertz CT molecular complexity index is 167. The molecule has 0 aliphatic carbocycles. The van der Waals surface area contributed by atoms with Gasteiger partial charge >= 0.3 is 0 Å². The molecule has 0 rings (SSSR count). The lowest BCUT2D eigenvalue weighted by molar-refractivity contribution is 0.434. The Hall–Kier alpha value is -0.480. The van der Waals surface area contributed by atoms with Gasteiger partial charge < -0.3 is 5.32 Å². The molecule has 0 aromatic rings. The maximum Gasteiger partial charge on any atom is 0.0686 e. The third-order valence-corrected chi connectivity index (χ3v) is 2.51. The number of hydrogen-bond acceptors (Lipinski definition) is 1. The van der Waals surface area contributed by atoms with E-state index in [9.17, 15) is 0 Å². The highest BCUT2D eigenvalue weighted by Gasteiger charge is 2.07. The molecule has 0 saturated carbocycles. The Morgan fingerprint density at radius 3 is 2.29 bits per heavy atom. The first-order valence-corrected chi connectivity index (χ1v) is 5.82. The zero-order valence-corrected chi connectivity index (χ0v) is 10.1. The first-order chi connectivity index (χ1) is 6.60. The fourth-order valence-corrected chi connectivity index (χ4v) is 1.54. The largest absolute Gasteiger partial charge is 0.301 e. The minimum absolute atomic E-state index is 0.254. The lowest BCUT2D eigenvalue weighted by Gasteiger charge is -2.18. The zero-order chi connectivity index (χ0) is 11.0. The minimum Gasteiger partial charge on any atom is -0.301 e. The van der Waals surface area contributed by atoms with Gasteiger partial charge in [0.2, 0.25) is 0 Å². The molecule has 0 aliphatic heterocycles. The molecule has 0 spiro atoms. The molecule has 0 heterocycles. The van der Waals surface area contributed by atoms with Gasteiger partial charge in [0.15, 0.2) is 0 Å². The van der Waals surface area contributed by atoms with Crippen molar-refractivity contribution >= 4 is 0 Å². The van der Waals surface area contributed by atoms with E-state index in [1.807, 2.05) is 0 Å². The minimum atomic E-state index is 0.254. The van der Waals surface area contributed by atoms with Crippen LogP contribution in [0.3, 0.4) is 0 Å². The summed E-state index contributed by atoms with van der Waals surface area (Å²) in [4.78, 5) is 0. The van der Waals surface area contributed by atoms with Crippen LogP contribution in [0.15, 0.2) is 0 Å². The first-order valence-electron chi connectivity index (χ1n) is 5.82. The highest BCUT2D eigenvalue weighted by atomic mass is 14.9. The molecule has 0 aromatic heterocycles. The second-order valence-corrected chi connectivity index (χ2v) is 4.52. The molecule has 0 fully saturated rings. The SMILES string of the molecule is C#CC(CC)NC(C)CCCC(C)C. The molecule has 0 aliphatic rings. The van der Waals surface area contributed by atoms with E-state index in [-0.39, 0.29) is 6.04 Å². The maximum absolute atomic E-state index is 5.40. The Morgan fingerprint density at radius 1 is 1.21 bits per heavy atom. The van der Waals surface area contributed by atoms with Crippen LogP contribution in [-0.2, 0) is 0 Å². The van der Waals surface area contributed by atoms with Crippen molar-refractivity contribution in [1.82, 2.24) is 5.32 Å². The van der Waals surface area contributed by atoms with Crippen molar-refractivity contribution in [3.63, 3.8) is 0 Å². The summed E-state index contributed by atoms with van der Waals surface area (Å²) in [7, 11) is 0. The summed E-state index contributed by atoms with van der Waals surface area (Å²) < 4.78 is 0. The third-order valence-electron chi connectivity index (χ3n) is 2.51. The van der Waals surface area contributed by atoms with Gasteiger partial charge in [-0.2, -0.15) is 0 Å². The number of hydrogen-bond donors (Lipinski definition) is 1. The summed E-state index contributed by atoms with van der Waals surface area (Å²) in [5.41, 5.74) is 0. The average Bonchev–Trinajstić information content (AvgIpc) is 2.13. The van der Waals surface area contributed by atoms with E-state index in [0.29, 0.717) is 6.04 Å². The highest BCUT2D eigenvalue weighted by molar-refractivity contribution is 4.98. The van der Waals surface area contributed by atoms with Crippen molar-refractivity contribution in [2.24, 2.45) is 5.92 Å². The van der Waals surface area contributed by atoms with Crippen molar-refractivity contribution in [3.05, 3.63) is 0 Å². The normalized spacial score (nSPS) is 15.1. The van der Waals surface area contributed by atoms with Gasteiger partial charge in [0.25, 0.3) is 0 Å². The summed E-state index contributed by atoms with van der Waals surface area (Å²) >= 11 is 0. The van der Waals surface area contributed by atoms with E-state index in [0.717, 1.165) is 12.3 Å². The van der Waals surface area contributed by atoms with Gasteiger partial charge in [-0.05, 0) is 25.7 Å². The van der Waals surface area contributed by atoms with Crippen LogP contribution in [0.25, 0.3) is 0 Å². The van der Waals surface area contributed by atoms with E-state index in [2.05, 4.69) is 38.9 Å². The van der Waals surface area contributed by atoms with Gasteiger partial charge in [-0.3, -0.25) is 0 Å². The molecule has 0 aromatic carbocycles. The summed E-state index contributed by atoms with van der Waals surface area (Å²) in [5.74, 6) is 3.59. The van der Waals surface area contributed by atoms with Crippen molar-refractivity contribution in [1.29, 1.82) is 0 Å². The van der Waals surface area contributed by atoms with Gasteiger partial charge in [-0.25, -0.2) is 0 Å². The molecule has 2 atom stereocenters. The van der Waals surface area contributed by atoms with Crippen LogP contribution in [0.5, 0.6) is 0 Å². The van der Waals surface area contributed by atoms with Crippen molar-refractivity contribution in [2.75, 3.05) is 0 Å². The molecule has 0 bridgehead atoms. The van der Waals surface area contributed by atoms with E-state index in [4.69, 9.17) is 6.42 Å². The van der Waals surface area contributed by atoms with Crippen LogP contribution in [0.1, 0.15) is 53.4 Å². The lowest BCUT2D eigenvalue weighted by Crippen LogP contribution is -2.35. The molecule has 1 N–H and O–H groups in total. The van der Waals surface area contributed by atoms with Gasteiger partial charge in [0.05, 0.1) is 6.04 Å². The molecule has 0 radical (unpaired) electrons. The molecular weight excluding hydrogens is 170 g/mol. The van der Waals surface area contributed by atoms with Crippen molar-refractivity contribution in [2.45, 2.75) is 65.5 Å². The first kappa shape index (κ1) is 13.5. The molecule has 2 unspecified atom stereocenters. The predicted molar refractivity (Wildman–Crippen MR) is 64.2 cm³/mol. The predicted octanol–water partition coefficient (Wildman–Crippen LogP) is 3.20. The van der Waals surface area contributed by atoms with E-state index < -0.39 is 0 Å². The van der Waals surface area contributed by atoms with Gasteiger partial charge in [-0.1, -0.05) is 39.5 Å². The van der Waals surface area contributed by atoms with Crippen LogP contribution >= 0.6 is 0 Å². The lowest BCUT2D eigenvalue weighted by atomic mass is 10.0. The van der Waals surface area contributed by atoms with Crippen LogP contribution in [-0.4, -0.2) is 12.1 Å². The van der Waals surface area contributed by atoms with Gasteiger partial charge in [0, 0.05) is 6.04 Å². The van der Waals surface area contributed by atoms with Gasteiger partial charge in [-0.15, -0.1) is 6.42 Å². The van der Waals surface area contributed by atoms with E-state index >= 15 is 0 Å². The fraction of sp³-hybridized carbons (Fsp3) is 0.846. The highest BCUT2D eigenvalue weighted by Crippen LogP contribution is 2.08. The Balaban J connectivity index is 3.55. The number of terminal acetylenes is 1. The number of rotatable bonds is 7. The molecule has 1 heteroatoms. The molecule has 1 nitrogen and oxygen atoms in total. The summed E-state index contributed by atoms with van der Waals surface area (Å²) in [5, 5.41) is 3.45. The van der Waals surface area contributed by atoms with Crippen LogP contribution in [0, 0.1) is 18.3 Å². The Kier molecular flexibility index (Phi) is 7.61. The van der Waals surface area contributed by atoms with Crippen molar-refractivity contribution < 1.29 is 0 Å². The quantitative estimate of drug-likeness (QED) is 0.615. The maximum atomic E-state index is 5.40. The Morgan fingerprint density at radius 2 is 1.86 bits per heavy atom. The van der Waals surface area contributed by atoms with Crippen LogP contribution < -0.4 is 5.32 Å². The van der Waals surface area contributed by atoms with E-state index in [1.54, 1.807) is 0 Å².